The lowest BCUT2D eigenvalue weighted by molar-refractivity contribution is 0.543. The predicted molar refractivity (Wildman–Crippen MR) is 82.9 cm³/mol. The van der Waals surface area contributed by atoms with Crippen LogP contribution in [0.1, 0.15) is 30.6 Å². The van der Waals surface area contributed by atoms with E-state index in [4.69, 9.17) is 0 Å². The Balaban J connectivity index is 2.50. The Morgan fingerprint density at radius 2 is 2.15 bits per heavy atom. The normalized spacial score (nSPS) is 12.7. The summed E-state index contributed by atoms with van der Waals surface area (Å²) in [5, 5.41) is 11.4. The van der Waals surface area contributed by atoms with Crippen molar-refractivity contribution in [1.82, 2.24) is 20.3 Å². The van der Waals surface area contributed by atoms with Crippen LogP contribution in [0.25, 0.3) is 0 Å². The number of nitrogens with zero attached hydrogens (tertiary/aromatic N) is 3. The first-order valence-corrected chi connectivity index (χ1v) is 7.86. The first kappa shape index (κ1) is 15.6. The van der Waals surface area contributed by atoms with Crippen LogP contribution < -0.4 is 5.32 Å². The minimum Gasteiger partial charge on any atom is -0.305 e. The number of aryl methyl sites for hydroxylation is 1. The van der Waals surface area contributed by atoms with Gasteiger partial charge in [0.05, 0.1) is 11.7 Å². The zero-order valence-electron chi connectivity index (χ0n) is 11.2. The standard InChI is InChI=1S/C13H15Br2FN4/c1-3-6-17-11(12-13(15)18-19-20(12)2)9-7-8(16)4-5-10(9)14/h4-5,7,11,17H,3,6H2,1-2H3. The molecule has 0 aliphatic heterocycles. The minimum atomic E-state index is -0.266. The van der Waals surface area contributed by atoms with Crippen LogP contribution in [0.5, 0.6) is 0 Å². The molecule has 20 heavy (non-hydrogen) atoms. The SMILES string of the molecule is CCCNC(c1cc(F)ccc1Br)c1c(Br)nnn1C. The average molecular weight is 406 g/mol. The lowest BCUT2D eigenvalue weighted by Gasteiger charge is -2.20. The molecule has 0 bridgehead atoms. The zero-order chi connectivity index (χ0) is 14.7. The summed E-state index contributed by atoms with van der Waals surface area (Å²) >= 11 is 6.89. The van der Waals surface area contributed by atoms with Crippen molar-refractivity contribution in [3.8, 4) is 0 Å². The van der Waals surface area contributed by atoms with E-state index in [0.29, 0.717) is 4.60 Å². The van der Waals surface area contributed by atoms with Crippen LogP contribution in [0.15, 0.2) is 27.3 Å². The van der Waals surface area contributed by atoms with Crippen molar-refractivity contribution < 1.29 is 4.39 Å². The van der Waals surface area contributed by atoms with Crippen LogP contribution >= 0.6 is 31.9 Å². The van der Waals surface area contributed by atoms with Crippen molar-refractivity contribution in [3.05, 3.63) is 44.3 Å². The summed E-state index contributed by atoms with van der Waals surface area (Å²) < 4.78 is 16.8. The van der Waals surface area contributed by atoms with Gasteiger partial charge in [0.15, 0.2) is 4.60 Å². The van der Waals surface area contributed by atoms with Crippen molar-refractivity contribution in [2.24, 2.45) is 7.05 Å². The molecule has 1 N–H and O–H groups in total. The van der Waals surface area contributed by atoms with Crippen LogP contribution in [0, 0.1) is 5.82 Å². The van der Waals surface area contributed by atoms with Gasteiger partial charge in [-0.05, 0) is 52.7 Å². The van der Waals surface area contributed by atoms with E-state index in [1.165, 1.54) is 12.1 Å². The summed E-state index contributed by atoms with van der Waals surface area (Å²) in [6.07, 6.45) is 0.979. The van der Waals surface area contributed by atoms with Gasteiger partial charge in [0.1, 0.15) is 5.82 Å². The first-order chi connectivity index (χ1) is 9.54. The quantitative estimate of drug-likeness (QED) is 0.826. The van der Waals surface area contributed by atoms with Crippen LogP contribution in [0.4, 0.5) is 4.39 Å². The molecule has 1 aromatic heterocycles. The highest BCUT2D eigenvalue weighted by Gasteiger charge is 2.23. The second kappa shape index (κ2) is 6.78. The number of nitrogens with one attached hydrogen (secondary N) is 1. The summed E-state index contributed by atoms with van der Waals surface area (Å²) in [5.41, 5.74) is 1.69. The van der Waals surface area contributed by atoms with E-state index < -0.39 is 0 Å². The molecule has 0 amide bonds. The van der Waals surface area contributed by atoms with Crippen molar-refractivity contribution in [2.45, 2.75) is 19.4 Å². The average Bonchev–Trinajstić information content (AvgIpc) is 2.74. The molecule has 0 aliphatic rings. The van der Waals surface area contributed by atoms with Gasteiger partial charge in [0.25, 0.3) is 0 Å². The van der Waals surface area contributed by atoms with E-state index >= 15 is 0 Å². The number of rotatable bonds is 5. The molecular weight excluding hydrogens is 391 g/mol. The third kappa shape index (κ3) is 3.27. The number of halogens is 3. The molecule has 2 aromatic rings. The van der Waals surface area contributed by atoms with Crippen LogP contribution in [-0.2, 0) is 7.05 Å². The maximum absolute atomic E-state index is 13.6. The minimum absolute atomic E-state index is 0.186. The molecule has 0 radical (unpaired) electrons. The fourth-order valence-electron chi connectivity index (χ4n) is 2.02. The Bertz CT molecular complexity index is 581. The first-order valence-electron chi connectivity index (χ1n) is 6.28. The molecule has 1 unspecified atom stereocenters. The summed E-state index contributed by atoms with van der Waals surface area (Å²) in [5.74, 6) is -0.266. The lowest BCUT2D eigenvalue weighted by Crippen LogP contribution is -2.26. The van der Waals surface area contributed by atoms with E-state index in [2.05, 4.69) is 54.4 Å². The van der Waals surface area contributed by atoms with Crippen molar-refractivity contribution in [3.63, 3.8) is 0 Å². The third-order valence-electron chi connectivity index (χ3n) is 2.97. The molecule has 0 saturated carbocycles. The molecule has 0 spiro atoms. The van der Waals surface area contributed by atoms with Gasteiger partial charge in [0, 0.05) is 11.5 Å². The highest BCUT2D eigenvalue weighted by molar-refractivity contribution is 9.10. The van der Waals surface area contributed by atoms with Gasteiger partial charge >= 0.3 is 0 Å². The van der Waals surface area contributed by atoms with Gasteiger partial charge in [-0.2, -0.15) is 0 Å². The monoisotopic (exact) mass is 404 g/mol. The summed E-state index contributed by atoms with van der Waals surface area (Å²) in [6.45, 7) is 2.90. The second-order valence-electron chi connectivity index (χ2n) is 4.44. The number of benzene rings is 1. The van der Waals surface area contributed by atoms with E-state index in [1.54, 1.807) is 10.7 Å². The molecule has 2 rings (SSSR count). The Hall–Kier alpha value is -0.790. The third-order valence-corrected chi connectivity index (χ3v) is 4.25. The number of hydrogen-bond acceptors (Lipinski definition) is 3. The van der Waals surface area contributed by atoms with Crippen molar-refractivity contribution in [2.75, 3.05) is 6.54 Å². The van der Waals surface area contributed by atoms with Crippen LogP contribution in [0.2, 0.25) is 0 Å². The Labute approximate surface area is 134 Å². The highest BCUT2D eigenvalue weighted by atomic mass is 79.9. The largest absolute Gasteiger partial charge is 0.305 e. The van der Waals surface area contributed by atoms with Crippen molar-refractivity contribution in [1.29, 1.82) is 0 Å². The van der Waals surface area contributed by atoms with E-state index in [0.717, 1.165) is 28.7 Å². The molecular formula is C13H15Br2FN4. The number of hydrogen-bond donors (Lipinski definition) is 1. The molecule has 0 aliphatic carbocycles. The molecule has 108 valence electrons. The zero-order valence-corrected chi connectivity index (χ0v) is 14.4. The Morgan fingerprint density at radius 1 is 1.40 bits per heavy atom. The van der Waals surface area contributed by atoms with Crippen molar-refractivity contribution >= 4 is 31.9 Å². The van der Waals surface area contributed by atoms with Gasteiger partial charge < -0.3 is 5.32 Å². The second-order valence-corrected chi connectivity index (χ2v) is 6.05. The molecule has 1 heterocycles. The lowest BCUT2D eigenvalue weighted by atomic mass is 10.0. The van der Waals surface area contributed by atoms with Gasteiger partial charge in [-0.1, -0.05) is 28.1 Å². The van der Waals surface area contributed by atoms with E-state index in [1.807, 2.05) is 7.05 Å². The molecule has 1 aromatic carbocycles. The fraction of sp³-hybridized carbons (Fsp3) is 0.385. The predicted octanol–water partition coefficient (Wildman–Crippen LogP) is 3.57. The summed E-state index contributed by atoms with van der Waals surface area (Å²) in [7, 11) is 1.82. The molecule has 4 nitrogen and oxygen atoms in total. The van der Waals surface area contributed by atoms with Gasteiger partial charge in [-0.25, -0.2) is 9.07 Å². The fourth-order valence-corrected chi connectivity index (χ4v) is 3.06. The molecule has 7 heteroatoms. The topological polar surface area (TPSA) is 42.7 Å². The highest BCUT2D eigenvalue weighted by Crippen LogP contribution is 2.32. The molecule has 1 atom stereocenters. The van der Waals surface area contributed by atoms with Gasteiger partial charge in [0.2, 0.25) is 0 Å². The summed E-state index contributed by atoms with van der Waals surface area (Å²) in [6, 6.07) is 4.48. The Kier molecular flexibility index (Phi) is 5.29. The molecule has 0 saturated heterocycles. The number of aromatic nitrogens is 3. The Morgan fingerprint density at radius 3 is 2.75 bits per heavy atom. The molecule has 0 fully saturated rings. The van der Waals surface area contributed by atoms with Gasteiger partial charge in [-0.15, -0.1) is 5.10 Å². The van der Waals surface area contributed by atoms with Gasteiger partial charge in [-0.3, -0.25) is 0 Å². The maximum Gasteiger partial charge on any atom is 0.153 e. The van der Waals surface area contributed by atoms with Crippen LogP contribution in [-0.4, -0.2) is 21.5 Å². The van der Waals surface area contributed by atoms with E-state index in [9.17, 15) is 4.39 Å². The summed E-state index contributed by atoms with van der Waals surface area (Å²) in [4.78, 5) is 0. The maximum atomic E-state index is 13.6. The van der Waals surface area contributed by atoms with E-state index in [-0.39, 0.29) is 11.9 Å². The smallest absolute Gasteiger partial charge is 0.153 e. The van der Waals surface area contributed by atoms with Crippen LogP contribution in [0.3, 0.4) is 0 Å².